The van der Waals surface area contributed by atoms with Crippen molar-refractivity contribution in [3.63, 3.8) is 0 Å². The van der Waals surface area contributed by atoms with Crippen molar-refractivity contribution in [2.45, 2.75) is 45.2 Å². The molecular formula is C26H34N2O6. The number of para-hydroxylation sites is 1. The summed E-state index contributed by atoms with van der Waals surface area (Å²) in [5.41, 5.74) is 0.441. The number of likely N-dealkylation sites (tertiary alicyclic amines) is 1. The quantitative estimate of drug-likeness (QED) is 0.498. The molecular weight excluding hydrogens is 436 g/mol. The molecule has 184 valence electrons. The molecule has 1 atom stereocenters. The molecule has 0 aromatic heterocycles. The van der Waals surface area contributed by atoms with Gasteiger partial charge in [-0.2, -0.15) is 0 Å². The number of carbonyl (C=O) groups is 2. The third-order valence-electron chi connectivity index (χ3n) is 5.72. The van der Waals surface area contributed by atoms with Gasteiger partial charge < -0.3 is 29.1 Å². The lowest BCUT2D eigenvalue weighted by molar-refractivity contribution is 0.0449. The first kappa shape index (κ1) is 25.4. The van der Waals surface area contributed by atoms with E-state index in [0.717, 1.165) is 19.3 Å². The first-order chi connectivity index (χ1) is 16.4. The molecule has 8 nitrogen and oxygen atoms in total. The van der Waals surface area contributed by atoms with Crippen LogP contribution in [0, 0.1) is 0 Å². The number of benzene rings is 2. The minimum absolute atomic E-state index is 0.101. The summed E-state index contributed by atoms with van der Waals surface area (Å²) in [6.07, 6.45) is 1.24. The first-order valence-corrected chi connectivity index (χ1v) is 11.7. The molecule has 2 aromatic rings. The van der Waals surface area contributed by atoms with Gasteiger partial charge in [-0.3, -0.25) is 4.79 Å². The highest BCUT2D eigenvalue weighted by molar-refractivity contribution is 5.95. The van der Waals surface area contributed by atoms with Crippen molar-refractivity contribution < 1.29 is 28.9 Å². The average molecular weight is 471 g/mol. The van der Waals surface area contributed by atoms with Crippen LogP contribution >= 0.6 is 0 Å². The van der Waals surface area contributed by atoms with Gasteiger partial charge >= 0.3 is 6.09 Å². The minimum atomic E-state index is -0.953. The van der Waals surface area contributed by atoms with E-state index in [1.54, 1.807) is 30.2 Å². The number of amides is 2. The number of hydrogen-bond acceptors (Lipinski definition) is 5. The van der Waals surface area contributed by atoms with Gasteiger partial charge in [0.25, 0.3) is 5.91 Å². The number of carboxylic acid groups (broad SMARTS) is 1. The van der Waals surface area contributed by atoms with Crippen LogP contribution in [0.1, 0.15) is 43.5 Å². The number of nitrogens with zero attached hydrogens (tertiary/aromatic N) is 2. The lowest BCUT2D eigenvalue weighted by Gasteiger charge is -2.40. The molecule has 0 saturated carbocycles. The van der Waals surface area contributed by atoms with Crippen molar-refractivity contribution in [2.75, 3.05) is 33.4 Å². The molecule has 1 heterocycles. The summed E-state index contributed by atoms with van der Waals surface area (Å²) < 4.78 is 17.0. The fourth-order valence-electron chi connectivity index (χ4n) is 4.18. The molecule has 1 saturated heterocycles. The summed E-state index contributed by atoms with van der Waals surface area (Å²) in [5.74, 6) is 1.51. The molecule has 34 heavy (non-hydrogen) atoms. The molecule has 1 aliphatic heterocycles. The Bertz CT molecular complexity index is 950. The summed E-state index contributed by atoms with van der Waals surface area (Å²) in [5, 5.41) is 9.45. The first-order valence-electron chi connectivity index (χ1n) is 11.7. The molecule has 1 fully saturated rings. The van der Waals surface area contributed by atoms with Gasteiger partial charge in [0.15, 0.2) is 0 Å². The Hall–Kier alpha value is -3.26. The maximum atomic E-state index is 13.7. The van der Waals surface area contributed by atoms with E-state index in [0.29, 0.717) is 49.1 Å². The van der Waals surface area contributed by atoms with Crippen LogP contribution in [-0.2, 0) is 4.74 Å². The summed E-state index contributed by atoms with van der Waals surface area (Å²) in [6, 6.07) is 14.3. The Morgan fingerprint density at radius 2 is 1.82 bits per heavy atom. The van der Waals surface area contributed by atoms with Gasteiger partial charge in [0.05, 0.1) is 12.6 Å². The fraction of sp³-hybridized carbons (Fsp3) is 0.462. The standard InChI is InChI=1S/C26H34N2O6/c1-19(2)28(21-9-7-12-27(18-21)26(30)31)25(29)20-15-23(33-14-8-13-32-3)17-24(16-20)34-22-10-5-4-6-11-22/h4-6,10-11,15-17,19,21H,7-9,12-14,18H2,1-3H3,(H,30,31)/t21-/m1/s1. The summed E-state index contributed by atoms with van der Waals surface area (Å²) in [4.78, 5) is 28.4. The Morgan fingerprint density at radius 3 is 2.50 bits per heavy atom. The lowest BCUT2D eigenvalue weighted by atomic mass is 10.0. The molecule has 2 aromatic carbocycles. The highest BCUT2D eigenvalue weighted by Crippen LogP contribution is 2.30. The Morgan fingerprint density at radius 1 is 1.09 bits per heavy atom. The van der Waals surface area contributed by atoms with Crippen LogP contribution in [0.3, 0.4) is 0 Å². The molecule has 3 rings (SSSR count). The minimum Gasteiger partial charge on any atom is -0.493 e. The van der Waals surface area contributed by atoms with Crippen LogP contribution in [0.4, 0.5) is 4.79 Å². The van der Waals surface area contributed by atoms with Crippen molar-refractivity contribution in [3.8, 4) is 17.2 Å². The molecule has 2 amide bonds. The molecule has 0 radical (unpaired) electrons. The number of piperidine rings is 1. The fourth-order valence-corrected chi connectivity index (χ4v) is 4.18. The topological polar surface area (TPSA) is 88.5 Å². The van der Waals surface area contributed by atoms with Crippen molar-refractivity contribution in [1.29, 1.82) is 0 Å². The van der Waals surface area contributed by atoms with Crippen molar-refractivity contribution in [1.82, 2.24) is 9.80 Å². The highest BCUT2D eigenvalue weighted by Gasteiger charge is 2.33. The van der Waals surface area contributed by atoms with Crippen molar-refractivity contribution in [3.05, 3.63) is 54.1 Å². The van der Waals surface area contributed by atoms with Crippen LogP contribution in [0.5, 0.6) is 17.2 Å². The Balaban J connectivity index is 1.88. The molecule has 8 heteroatoms. The third kappa shape index (κ3) is 6.87. The van der Waals surface area contributed by atoms with E-state index in [4.69, 9.17) is 14.2 Å². The van der Waals surface area contributed by atoms with Crippen LogP contribution < -0.4 is 9.47 Å². The zero-order valence-electron chi connectivity index (χ0n) is 20.1. The van der Waals surface area contributed by atoms with E-state index in [1.807, 2.05) is 44.2 Å². The van der Waals surface area contributed by atoms with Gasteiger partial charge in [-0.25, -0.2) is 4.79 Å². The third-order valence-corrected chi connectivity index (χ3v) is 5.72. The van der Waals surface area contributed by atoms with Gasteiger partial charge in [0, 0.05) is 50.9 Å². The van der Waals surface area contributed by atoms with Crippen molar-refractivity contribution >= 4 is 12.0 Å². The second-order valence-electron chi connectivity index (χ2n) is 8.63. The lowest BCUT2D eigenvalue weighted by Crippen LogP contribution is -2.53. The van der Waals surface area contributed by atoms with E-state index >= 15 is 0 Å². The molecule has 0 spiro atoms. The number of hydrogen-bond donors (Lipinski definition) is 1. The Labute approximate surface area is 201 Å². The summed E-state index contributed by atoms with van der Waals surface area (Å²) in [7, 11) is 1.64. The maximum absolute atomic E-state index is 13.7. The van der Waals surface area contributed by atoms with Crippen molar-refractivity contribution in [2.24, 2.45) is 0 Å². The maximum Gasteiger partial charge on any atom is 0.407 e. The normalized spacial score (nSPS) is 15.8. The van der Waals surface area contributed by atoms with Crippen LogP contribution in [0.15, 0.2) is 48.5 Å². The van der Waals surface area contributed by atoms with Crippen LogP contribution in [-0.4, -0.2) is 72.4 Å². The van der Waals surface area contributed by atoms with Gasteiger partial charge in [-0.15, -0.1) is 0 Å². The molecule has 0 unspecified atom stereocenters. The van der Waals surface area contributed by atoms with E-state index in [1.165, 1.54) is 4.90 Å². The number of methoxy groups -OCH3 is 1. The molecule has 0 aliphatic carbocycles. The SMILES string of the molecule is COCCCOc1cc(Oc2ccccc2)cc(C(=O)N(C(C)C)[C@@H]2CCCN(C(=O)O)C2)c1. The predicted molar refractivity (Wildman–Crippen MR) is 129 cm³/mol. The van der Waals surface area contributed by atoms with E-state index < -0.39 is 6.09 Å². The van der Waals surface area contributed by atoms with Gasteiger partial charge in [0.2, 0.25) is 0 Å². The van der Waals surface area contributed by atoms with Crippen LogP contribution in [0.25, 0.3) is 0 Å². The second-order valence-corrected chi connectivity index (χ2v) is 8.63. The smallest absolute Gasteiger partial charge is 0.407 e. The monoisotopic (exact) mass is 470 g/mol. The zero-order chi connectivity index (χ0) is 24.5. The largest absolute Gasteiger partial charge is 0.493 e. The zero-order valence-corrected chi connectivity index (χ0v) is 20.1. The Kier molecular flexibility index (Phi) is 9.16. The van der Waals surface area contributed by atoms with Gasteiger partial charge in [-0.1, -0.05) is 18.2 Å². The number of ether oxygens (including phenoxy) is 3. The average Bonchev–Trinajstić information content (AvgIpc) is 2.82. The highest BCUT2D eigenvalue weighted by atomic mass is 16.5. The summed E-state index contributed by atoms with van der Waals surface area (Å²) >= 11 is 0. The summed E-state index contributed by atoms with van der Waals surface area (Å²) in [6.45, 7) is 5.72. The molecule has 1 aliphatic rings. The number of carbonyl (C=O) groups excluding carboxylic acids is 1. The second kappa shape index (κ2) is 12.3. The van der Waals surface area contributed by atoms with Gasteiger partial charge in [0.1, 0.15) is 17.2 Å². The van der Waals surface area contributed by atoms with E-state index in [2.05, 4.69) is 0 Å². The molecule has 0 bridgehead atoms. The van der Waals surface area contributed by atoms with Gasteiger partial charge in [-0.05, 0) is 51.0 Å². The van der Waals surface area contributed by atoms with E-state index in [9.17, 15) is 14.7 Å². The predicted octanol–water partition coefficient (Wildman–Crippen LogP) is 4.89. The number of rotatable bonds is 10. The van der Waals surface area contributed by atoms with E-state index in [-0.39, 0.29) is 18.0 Å². The van der Waals surface area contributed by atoms with Crippen LogP contribution in [0.2, 0.25) is 0 Å². The molecule has 1 N–H and O–H groups in total.